The quantitative estimate of drug-likeness (QED) is 0.399. The monoisotopic (exact) mass is 534 g/mol. The second-order valence-corrected chi connectivity index (χ2v) is 8.96. The van der Waals surface area contributed by atoms with Crippen molar-refractivity contribution in [3.63, 3.8) is 0 Å². The number of ether oxygens (including phenoxy) is 1. The molecule has 196 valence electrons. The number of halogens is 6. The summed E-state index contributed by atoms with van der Waals surface area (Å²) in [6.45, 7) is 1.92. The Kier molecular flexibility index (Phi) is 8.96. The molecule has 0 saturated carbocycles. The van der Waals surface area contributed by atoms with Crippen molar-refractivity contribution in [1.29, 1.82) is 0 Å². The Morgan fingerprint density at radius 3 is 2.19 bits per heavy atom. The first-order valence-corrected chi connectivity index (χ1v) is 11.7. The summed E-state index contributed by atoms with van der Waals surface area (Å²) in [5, 5.41) is 8.99. The van der Waals surface area contributed by atoms with E-state index in [0.717, 1.165) is 24.3 Å². The Bertz CT molecular complexity index is 1100. The highest BCUT2D eigenvalue weighted by molar-refractivity contribution is 7.99. The fraction of sp³-hybridized carbons (Fsp3) is 0.375. The number of aliphatic hydroxyl groups excluding tert-OH is 1. The van der Waals surface area contributed by atoms with Crippen molar-refractivity contribution in [2.45, 2.75) is 22.1 Å². The number of amides is 1. The smallest absolute Gasteiger partial charge is 0.418 e. The summed E-state index contributed by atoms with van der Waals surface area (Å²) < 4.78 is 89.2. The molecule has 0 aromatic heterocycles. The fourth-order valence-corrected chi connectivity index (χ4v) is 4.92. The van der Waals surface area contributed by atoms with Crippen molar-refractivity contribution in [3.05, 3.63) is 59.2 Å². The highest BCUT2D eigenvalue weighted by atomic mass is 32.2. The summed E-state index contributed by atoms with van der Waals surface area (Å²) in [6, 6.07) is 7.96. The molecule has 1 heterocycles. The molecular weight excluding hydrogens is 510 g/mol. The molecule has 0 spiro atoms. The van der Waals surface area contributed by atoms with E-state index in [2.05, 4.69) is 0 Å². The largest absolute Gasteiger partial charge is 0.496 e. The Balaban J connectivity index is 1.97. The summed E-state index contributed by atoms with van der Waals surface area (Å²) >= 11 is 0.516. The van der Waals surface area contributed by atoms with Crippen LogP contribution in [-0.2, 0) is 17.1 Å². The number of piperazine rings is 1. The summed E-state index contributed by atoms with van der Waals surface area (Å²) in [7, 11) is 1.31. The van der Waals surface area contributed by atoms with Crippen molar-refractivity contribution < 1.29 is 41.0 Å². The maximum Gasteiger partial charge on any atom is 0.418 e. The molecule has 2 aromatic rings. The lowest BCUT2D eigenvalue weighted by Gasteiger charge is -2.33. The van der Waals surface area contributed by atoms with E-state index < -0.39 is 39.8 Å². The molecular formula is C24H24F6N2O3S. The summed E-state index contributed by atoms with van der Waals surface area (Å²) in [6.07, 6.45) is -9.01. The molecule has 5 nitrogen and oxygen atoms in total. The number of benzene rings is 2. The third-order valence-electron chi connectivity index (χ3n) is 5.56. The summed E-state index contributed by atoms with van der Waals surface area (Å²) in [5.74, 6) is -0.384. The lowest BCUT2D eigenvalue weighted by molar-refractivity contribution is -0.163. The Labute approximate surface area is 208 Å². The van der Waals surface area contributed by atoms with Crippen LogP contribution in [0.15, 0.2) is 52.3 Å². The number of hydrogen-bond acceptors (Lipinski definition) is 5. The maximum atomic E-state index is 14.0. The molecule has 36 heavy (non-hydrogen) atoms. The first kappa shape index (κ1) is 27.9. The van der Waals surface area contributed by atoms with E-state index in [4.69, 9.17) is 9.84 Å². The second kappa shape index (κ2) is 11.6. The summed E-state index contributed by atoms with van der Waals surface area (Å²) in [5.41, 5.74) is -4.43. The molecule has 0 unspecified atom stereocenters. The molecule has 0 radical (unpaired) electrons. The van der Waals surface area contributed by atoms with Gasteiger partial charge in [-0.1, -0.05) is 30.0 Å². The standard InChI is InChI=1S/C24H24F6N2O3S/c1-35-17-4-2-3-5-18(17)36-19-8-6-16(21(23(25,26)27)22(19)24(28,29)30)7-9-20(34)32-12-10-31(11-13-32)14-15-33/h2-9,33H,10-15H2,1H3/b9-7+. The van der Waals surface area contributed by atoms with Crippen LogP contribution in [0.2, 0.25) is 0 Å². The molecule has 1 aliphatic rings. The average molecular weight is 535 g/mol. The average Bonchev–Trinajstić information content (AvgIpc) is 2.82. The van der Waals surface area contributed by atoms with Crippen LogP contribution in [0.25, 0.3) is 6.08 Å². The van der Waals surface area contributed by atoms with Gasteiger partial charge in [0.15, 0.2) is 0 Å². The predicted octanol–water partition coefficient (Wildman–Crippen LogP) is 5.03. The van der Waals surface area contributed by atoms with Crippen LogP contribution in [0, 0.1) is 0 Å². The number of aliphatic hydroxyl groups is 1. The first-order chi connectivity index (χ1) is 17.0. The SMILES string of the molecule is COc1ccccc1Sc1ccc(/C=C/C(=O)N2CCN(CCO)CC2)c(C(F)(F)F)c1C(F)(F)F. The zero-order valence-corrected chi connectivity index (χ0v) is 20.0. The van der Waals surface area contributed by atoms with Gasteiger partial charge >= 0.3 is 12.4 Å². The Morgan fingerprint density at radius 2 is 1.61 bits per heavy atom. The third-order valence-corrected chi connectivity index (χ3v) is 6.68. The van der Waals surface area contributed by atoms with E-state index in [0.29, 0.717) is 31.4 Å². The minimum atomic E-state index is -5.33. The van der Waals surface area contributed by atoms with Crippen LogP contribution >= 0.6 is 11.8 Å². The van der Waals surface area contributed by atoms with Gasteiger partial charge in [0.25, 0.3) is 0 Å². The number of methoxy groups -OCH3 is 1. The minimum absolute atomic E-state index is 0.0407. The first-order valence-electron chi connectivity index (χ1n) is 10.9. The molecule has 12 heteroatoms. The van der Waals surface area contributed by atoms with Gasteiger partial charge < -0.3 is 14.7 Å². The number of nitrogens with zero attached hydrogens (tertiary/aromatic N) is 2. The van der Waals surface area contributed by atoms with Gasteiger partial charge in [0.05, 0.1) is 29.7 Å². The normalized spacial score (nSPS) is 15.5. The van der Waals surface area contributed by atoms with Gasteiger partial charge in [0.1, 0.15) is 5.75 Å². The third kappa shape index (κ3) is 6.74. The molecule has 0 atom stereocenters. The number of alkyl halides is 6. The molecule has 1 saturated heterocycles. The fourth-order valence-electron chi connectivity index (χ4n) is 3.83. The second-order valence-electron chi connectivity index (χ2n) is 7.88. The van der Waals surface area contributed by atoms with Gasteiger partial charge in [0, 0.05) is 43.7 Å². The number of carbonyl (C=O) groups excluding carboxylic acids is 1. The molecule has 1 fully saturated rings. The molecule has 0 bridgehead atoms. The van der Waals surface area contributed by atoms with Crippen molar-refractivity contribution in [2.75, 3.05) is 46.4 Å². The van der Waals surface area contributed by atoms with Gasteiger partial charge in [-0.15, -0.1) is 0 Å². The lowest BCUT2D eigenvalue weighted by Crippen LogP contribution is -2.48. The molecule has 0 aliphatic carbocycles. The zero-order chi connectivity index (χ0) is 26.5. The van der Waals surface area contributed by atoms with Crippen LogP contribution in [0.3, 0.4) is 0 Å². The van der Waals surface area contributed by atoms with Gasteiger partial charge in [-0.05, 0) is 29.8 Å². The van der Waals surface area contributed by atoms with Gasteiger partial charge in [0.2, 0.25) is 5.91 Å². The highest BCUT2D eigenvalue weighted by Crippen LogP contribution is 2.49. The molecule has 1 N–H and O–H groups in total. The van der Waals surface area contributed by atoms with E-state index in [1.54, 1.807) is 6.07 Å². The van der Waals surface area contributed by atoms with E-state index in [-0.39, 0.29) is 30.3 Å². The summed E-state index contributed by atoms with van der Waals surface area (Å²) in [4.78, 5) is 15.4. The molecule has 3 rings (SSSR count). The number of para-hydroxylation sites is 1. The molecule has 1 amide bonds. The topological polar surface area (TPSA) is 53.0 Å². The van der Waals surface area contributed by atoms with Crippen molar-refractivity contribution in [1.82, 2.24) is 9.80 Å². The van der Waals surface area contributed by atoms with Gasteiger partial charge in [-0.3, -0.25) is 9.69 Å². The Hall–Kier alpha value is -2.70. The van der Waals surface area contributed by atoms with E-state index in [1.807, 2.05) is 4.90 Å². The van der Waals surface area contributed by atoms with Crippen molar-refractivity contribution >= 4 is 23.7 Å². The van der Waals surface area contributed by atoms with E-state index in [9.17, 15) is 31.1 Å². The predicted molar refractivity (Wildman–Crippen MR) is 123 cm³/mol. The van der Waals surface area contributed by atoms with Crippen LogP contribution < -0.4 is 4.74 Å². The van der Waals surface area contributed by atoms with Gasteiger partial charge in [-0.2, -0.15) is 26.3 Å². The van der Waals surface area contributed by atoms with Crippen LogP contribution in [0.1, 0.15) is 16.7 Å². The van der Waals surface area contributed by atoms with E-state index >= 15 is 0 Å². The molecule has 2 aromatic carbocycles. The van der Waals surface area contributed by atoms with Crippen LogP contribution in [0.4, 0.5) is 26.3 Å². The number of β-amino-alcohol motifs (C(OH)–C–C–N with tert-alkyl or cyclic N) is 1. The number of hydrogen-bond donors (Lipinski definition) is 1. The number of rotatable bonds is 7. The Morgan fingerprint density at radius 1 is 0.972 bits per heavy atom. The van der Waals surface area contributed by atoms with Crippen LogP contribution in [-0.4, -0.2) is 67.3 Å². The molecule has 1 aliphatic heterocycles. The highest BCUT2D eigenvalue weighted by Gasteiger charge is 2.46. The van der Waals surface area contributed by atoms with Crippen molar-refractivity contribution in [3.8, 4) is 5.75 Å². The zero-order valence-electron chi connectivity index (χ0n) is 19.2. The minimum Gasteiger partial charge on any atom is -0.496 e. The van der Waals surface area contributed by atoms with Crippen LogP contribution in [0.5, 0.6) is 5.75 Å². The number of carbonyl (C=O) groups is 1. The van der Waals surface area contributed by atoms with Gasteiger partial charge in [-0.25, -0.2) is 0 Å². The van der Waals surface area contributed by atoms with Crippen molar-refractivity contribution in [2.24, 2.45) is 0 Å². The maximum absolute atomic E-state index is 14.0. The van der Waals surface area contributed by atoms with E-state index in [1.165, 1.54) is 30.2 Å². The lowest BCUT2D eigenvalue weighted by atomic mass is 9.99.